The number of nitrogens with zero attached hydrogens (tertiary/aromatic N) is 1. The van der Waals surface area contributed by atoms with Gasteiger partial charge in [0.1, 0.15) is 0 Å². The molecule has 1 saturated carbocycles. The summed E-state index contributed by atoms with van der Waals surface area (Å²) in [7, 11) is 1.56. The van der Waals surface area contributed by atoms with Crippen LogP contribution in [0, 0.1) is 5.92 Å². The smallest absolute Gasteiger partial charge is 0.409 e. The Kier molecular flexibility index (Phi) is 5.08. The summed E-state index contributed by atoms with van der Waals surface area (Å²) in [6.07, 6.45) is 4.23. The molecule has 0 aromatic carbocycles. The third-order valence-corrected chi connectivity index (χ3v) is 2.89. The molecule has 16 heavy (non-hydrogen) atoms. The Morgan fingerprint density at radius 3 is 2.56 bits per heavy atom. The standard InChI is InChI=1S/C11H19NO4/c1-12(7-6-10(13)14)11(15)16-8-9-4-2-3-5-9/h9H,2-8H2,1H3,(H,13,14). The second kappa shape index (κ2) is 6.35. The second-order valence-corrected chi connectivity index (χ2v) is 4.29. The van der Waals surface area contributed by atoms with Gasteiger partial charge in [0.2, 0.25) is 0 Å². The van der Waals surface area contributed by atoms with Gasteiger partial charge in [-0.3, -0.25) is 4.79 Å². The van der Waals surface area contributed by atoms with E-state index in [9.17, 15) is 9.59 Å². The fourth-order valence-corrected chi connectivity index (χ4v) is 1.83. The van der Waals surface area contributed by atoms with Crippen LogP contribution in [0.25, 0.3) is 0 Å². The molecule has 1 rings (SSSR count). The molecule has 92 valence electrons. The van der Waals surface area contributed by atoms with Gasteiger partial charge in [0.25, 0.3) is 0 Å². The number of aliphatic carboxylic acids is 1. The van der Waals surface area contributed by atoms with E-state index in [-0.39, 0.29) is 13.0 Å². The van der Waals surface area contributed by atoms with Crippen molar-refractivity contribution < 1.29 is 19.4 Å². The summed E-state index contributed by atoms with van der Waals surface area (Å²) in [6, 6.07) is 0. The molecule has 0 aliphatic heterocycles. The van der Waals surface area contributed by atoms with Crippen molar-refractivity contribution in [2.75, 3.05) is 20.2 Å². The zero-order chi connectivity index (χ0) is 12.0. The Labute approximate surface area is 95.4 Å². The normalized spacial score (nSPS) is 16.1. The van der Waals surface area contributed by atoms with Crippen molar-refractivity contribution in [1.29, 1.82) is 0 Å². The molecule has 0 unspecified atom stereocenters. The molecule has 1 fully saturated rings. The van der Waals surface area contributed by atoms with E-state index >= 15 is 0 Å². The van der Waals surface area contributed by atoms with Gasteiger partial charge in [-0.05, 0) is 18.8 Å². The van der Waals surface area contributed by atoms with Gasteiger partial charge in [0.05, 0.1) is 13.0 Å². The molecule has 0 aromatic rings. The topological polar surface area (TPSA) is 66.8 Å². The maximum absolute atomic E-state index is 11.4. The van der Waals surface area contributed by atoms with Crippen LogP contribution in [0.3, 0.4) is 0 Å². The number of hydrogen-bond donors (Lipinski definition) is 1. The molecule has 0 spiro atoms. The van der Waals surface area contributed by atoms with E-state index in [0.29, 0.717) is 12.5 Å². The molecule has 5 heteroatoms. The summed E-state index contributed by atoms with van der Waals surface area (Å²) in [5, 5.41) is 8.47. The van der Waals surface area contributed by atoms with E-state index in [1.807, 2.05) is 0 Å². The van der Waals surface area contributed by atoms with E-state index in [1.165, 1.54) is 17.7 Å². The third kappa shape index (κ3) is 4.51. The molecular weight excluding hydrogens is 210 g/mol. The lowest BCUT2D eigenvalue weighted by atomic mass is 10.1. The largest absolute Gasteiger partial charge is 0.481 e. The lowest BCUT2D eigenvalue weighted by Crippen LogP contribution is -2.30. The number of ether oxygens (including phenoxy) is 1. The number of carbonyl (C=O) groups excluding carboxylic acids is 1. The van der Waals surface area contributed by atoms with Crippen LogP contribution in [0.1, 0.15) is 32.1 Å². The molecule has 1 aliphatic carbocycles. The van der Waals surface area contributed by atoms with E-state index in [4.69, 9.17) is 9.84 Å². The summed E-state index contributed by atoms with van der Waals surface area (Å²) in [5.41, 5.74) is 0. The summed E-state index contributed by atoms with van der Waals surface area (Å²) in [6.45, 7) is 0.662. The summed E-state index contributed by atoms with van der Waals surface area (Å²) < 4.78 is 5.11. The van der Waals surface area contributed by atoms with Crippen LogP contribution in [0.5, 0.6) is 0 Å². The number of carboxylic acid groups (broad SMARTS) is 1. The molecule has 1 amide bonds. The van der Waals surface area contributed by atoms with Crippen LogP contribution in [0.15, 0.2) is 0 Å². The van der Waals surface area contributed by atoms with Gasteiger partial charge in [-0.15, -0.1) is 0 Å². The van der Waals surface area contributed by atoms with Crippen molar-refractivity contribution >= 4 is 12.1 Å². The minimum atomic E-state index is -0.907. The number of amides is 1. The Bertz CT molecular complexity index is 248. The molecule has 0 bridgehead atoms. The summed E-state index contributed by atoms with van der Waals surface area (Å²) in [5.74, 6) is -0.410. The SMILES string of the molecule is CN(CCC(=O)O)C(=O)OCC1CCCC1. The first-order chi connectivity index (χ1) is 7.59. The van der Waals surface area contributed by atoms with E-state index in [2.05, 4.69) is 0 Å². The zero-order valence-electron chi connectivity index (χ0n) is 9.65. The number of hydrogen-bond acceptors (Lipinski definition) is 3. The predicted octanol–water partition coefficient (Wildman–Crippen LogP) is 1.72. The van der Waals surface area contributed by atoms with Crippen molar-refractivity contribution in [2.24, 2.45) is 5.92 Å². The summed E-state index contributed by atoms with van der Waals surface area (Å²) in [4.78, 5) is 23.0. The van der Waals surface area contributed by atoms with Gasteiger partial charge in [-0.25, -0.2) is 4.79 Å². The molecule has 0 heterocycles. The van der Waals surface area contributed by atoms with E-state index in [0.717, 1.165) is 12.8 Å². The quantitative estimate of drug-likeness (QED) is 0.779. The van der Waals surface area contributed by atoms with Crippen LogP contribution in [-0.4, -0.2) is 42.3 Å². The van der Waals surface area contributed by atoms with Gasteiger partial charge in [0, 0.05) is 13.6 Å². The first-order valence-corrected chi connectivity index (χ1v) is 5.69. The van der Waals surface area contributed by atoms with Crippen molar-refractivity contribution in [3.8, 4) is 0 Å². The first-order valence-electron chi connectivity index (χ1n) is 5.69. The predicted molar refractivity (Wildman–Crippen MR) is 58.2 cm³/mol. The molecule has 0 saturated heterocycles. The molecule has 5 nitrogen and oxygen atoms in total. The molecule has 0 aromatic heterocycles. The van der Waals surface area contributed by atoms with Crippen molar-refractivity contribution in [1.82, 2.24) is 4.90 Å². The van der Waals surface area contributed by atoms with Crippen LogP contribution >= 0.6 is 0 Å². The molecule has 1 aliphatic rings. The maximum atomic E-state index is 11.4. The Morgan fingerprint density at radius 2 is 2.00 bits per heavy atom. The summed E-state index contributed by atoms with van der Waals surface area (Å²) >= 11 is 0. The van der Waals surface area contributed by atoms with Gasteiger partial charge >= 0.3 is 12.1 Å². The van der Waals surface area contributed by atoms with Crippen molar-refractivity contribution in [2.45, 2.75) is 32.1 Å². The minimum absolute atomic E-state index is 0.0466. The number of carbonyl (C=O) groups is 2. The van der Waals surface area contributed by atoms with E-state index < -0.39 is 12.1 Å². The Balaban J connectivity index is 2.15. The minimum Gasteiger partial charge on any atom is -0.481 e. The van der Waals surface area contributed by atoms with E-state index in [1.54, 1.807) is 7.05 Å². The fourth-order valence-electron chi connectivity index (χ4n) is 1.83. The first kappa shape index (κ1) is 12.8. The van der Waals surface area contributed by atoms with Crippen LogP contribution in [0.4, 0.5) is 4.79 Å². The van der Waals surface area contributed by atoms with Crippen LogP contribution < -0.4 is 0 Å². The second-order valence-electron chi connectivity index (χ2n) is 4.29. The average Bonchev–Trinajstić information content (AvgIpc) is 2.75. The monoisotopic (exact) mass is 229 g/mol. The van der Waals surface area contributed by atoms with Crippen LogP contribution in [0.2, 0.25) is 0 Å². The Hall–Kier alpha value is -1.26. The van der Waals surface area contributed by atoms with Gasteiger partial charge in [0.15, 0.2) is 0 Å². The fraction of sp³-hybridized carbons (Fsp3) is 0.818. The molecule has 0 radical (unpaired) electrons. The molecule has 0 atom stereocenters. The Morgan fingerprint density at radius 1 is 1.38 bits per heavy atom. The average molecular weight is 229 g/mol. The van der Waals surface area contributed by atoms with Gasteiger partial charge < -0.3 is 14.7 Å². The maximum Gasteiger partial charge on any atom is 0.409 e. The number of carboxylic acids is 1. The van der Waals surface area contributed by atoms with Gasteiger partial charge in [-0.1, -0.05) is 12.8 Å². The zero-order valence-corrected chi connectivity index (χ0v) is 9.65. The highest BCUT2D eigenvalue weighted by Crippen LogP contribution is 2.24. The lowest BCUT2D eigenvalue weighted by molar-refractivity contribution is -0.137. The highest BCUT2D eigenvalue weighted by molar-refractivity contribution is 5.70. The van der Waals surface area contributed by atoms with Crippen LogP contribution in [-0.2, 0) is 9.53 Å². The lowest BCUT2D eigenvalue weighted by Gasteiger charge is -2.17. The molecule has 1 N–H and O–H groups in total. The highest BCUT2D eigenvalue weighted by atomic mass is 16.6. The van der Waals surface area contributed by atoms with Crippen molar-refractivity contribution in [3.05, 3.63) is 0 Å². The van der Waals surface area contributed by atoms with Gasteiger partial charge in [-0.2, -0.15) is 0 Å². The molecular formula is C11H19NO4. The number of rotatable bonds is 5. The van der Waals surface area contributed by atoms with Crippen molar-refractivity contribution in [3.63, 3.8) is 0 Å². The highest BCUT2D eigenvalue weighted by Gasteiger charge is 2.18. The third-order valence-electron chi connectivity index (χ3n) is 2.89.